The molecule has 3 atom stereocenters. The second kappa shape index (κ2) is 12.1. The molecule has 1 saturated carbocycles. The van der Waals surface area contributed by atoms with Gasteiger partial charge in [-0.15, -0.1) is 10.2 Å². The van der Waals surface area contributed by atoms with Gasteiger partial charge in [0.25, 0.3) is 5.91 Å². The maximum atomic E-state index is 12.4. The number of ether oxygens (including phenoxy) is 1. The number of hydrogen-bond donors (Lipinski definition) is 2. The summed E-state index contributed by atoms with van der Waals surface area (Å²) in [6.07, 6.45) is 4.97. The highest BCUT2D eigenvalue weighted by Gasteiger charge is 2.23. The quantitative estimate of drug-likeness (QED) is 0.514. The Bertz CT molecular complexity index is 931. The minimum atomic E-state index is -0.634. The van der Waals surface area contributed by atoms with Gasteiger partial charge in [-0.05, 0) is 49.8 Å². The maximum absolute atomic E-state index is 12.4. The molecule has 33 heavy (non-hydrogen) atoms. The van der Waals surface area contributed by atoms with Gasteiger partial charge in [0.2, 0.25) is 5.91 Å². The number of aryl methyl sites for hydroxylation is 1. The molecule has 2 amide bonds. The number of carbonyl (C=O) groups is 2. The largest absolute Gasteiger partial charge is 0.481 e. The average Bonchev–Trinajstić information content (AvgIpc) is 3.17. The Balaban J connectivity index is 1.43. The second-order valence-electron chi connectivity index (χ2n) is 8.66. The second-order valence-corrected chi connectivity index (χ2v) is 9.60. The van der Waals surface area contributed by atoms with Crippen molar-refractivity contribution in [3.05, 3.63) is 35.7 Å². The summed E-state index contributed by atoms with van der Waals surface area (Å²) in [6, 6.07) is 8.01. The first kappa shape index (κ1) is 25.1. The number of nitrogens with one attached hydrogen (secondary N) is 2. The van der Waals surface area contributed by atoms with E-state index in [0.717, 1.165) is 12.8 Å². The van der Waals surface area contributed by atoms with Crippen molar-refractivity contribution >= 4 is 23.6 Å². The van der Waals surface area contributed by atoms with E-state index in [9.17, 15) is 9.59 Å². The van der Waals surface area contributed by atoms with Crippen LogP contribution in [0.15, 0.2) is 29.4 Å². The molecular formula is C24H35N5O3S. The molecule has 1 aromatic carbocycles. The zero-order valence-corrected chi connectivity index (χ0v) is 20.8. The average molecular weight is 474 g/mol. The molecule has 2 N–H and O–H groups in total. The van der Waals surface area contributed by atoms with E-state index in [0.29, 0.717) is 28.4 Å². The fraction of sp³-hybridized carbons (Fsp3) is 0.583. The third kappa shape index (κ3) is 7.22. The van der Waals surface area contributed by atoms with Crippen LogP contribution in [0.2, 0.25) is 0 Å². The maximum Gasteiger partial charge on any atom is 0.261 e. The van der Waals surface area contributed by atoms with Crippen molar-refractivity contribution in [3.8, 4) is 5.75 Å². The first-order valence-electron chi connectivity index (χ1n) is 11.7. The van der Waals surface area contributed by atoms with E-state index >= 15 is 0 Å². The van der Waals surface area contributed by atoms with Crippen molar-refractivity contribution in [1.29, 1.82) is 0 Å². The molecule has 0 unspecified atom stereocenters. The molecule has 1 heterocycles. The third-order valence-electron chi connectivity index (χ3n) is 6.15. The summed E-state index contributed by atoms with van der Waals surface area (Å²) in [5.41, 5.74) is 1.22. The minimum Gasteiger partial charge on any atom is -0.481 e. The van der Waals surface area contributed by atoms with Gasteiger partial charge < -0.3 is 19.9 Å². The Morgan fingerprint density at radius 3 is 2.64 bits per heavy atom. The summed E-state index contributed by atoms with van der Waals surface area (Å²) in [5.74, 6) is 1.89. The molecule has 1 fully saturated rings. The van der Waals surface area contributed by atoms with Crippen LogP contribution < -0.4 is 15.4 Å². The smallest absolute Gasteiger partial charge is 0.261 e. The first-order chi connectivity index (χ1) is 15.9. The fourth-order valence-corrected chi connectivity index (χ4v) is 4.65. The highest BCUT2D eigenvalue weighted by molar-refractivity contribution is 7.99. The summed E-state index contributed by atoms with van der Waals surface area (Å²) in [5, 5.41) is 15.0. The van der Waals surface area contributed by atoms with Crippen LogP contribution in [0.25, 0.3) is 0 Å². The first-order valence-corrected chi connectivity index (χ1v) is 12.7. The van der Waals surface area contributed by atoms with Crippen LogP contribution in [-0.4, -0.2) is 44.5 Å². The molecule has 2 aromatic rings. The van der Waals surface area contributed by atoms with Crippen LogP contribution in [-0.2, 0) is 29.6 Å². The molecule has 1 aromatic heterocycles. The van der Waals surface area contributed by atoms with Gasteiger partial charge in [0.05, 0.1) is 12.3 Å². The predicted octanol–water partition coefficient (Wildman–Crippen LogP) is 3.25. The van der Waals surface area contributed by atoms with Gasteiger partial charge in [0, 0.05) is 13.1 Å². The van der Waals surface area contributed by atoms with E-state index in [-0.39, 0.29) is 24.4 Å². The molecular weight excluding hydrogens is 438 g/mol. The Morgan fingerprint density at radius 2 is 1.94 bits per heavy atom. The molecule has 1 aliphatic rings. The van der Waals surface area contributed by atoms with E-state index in [1.807, 2.05) is 31.3 Å². The molecule has 3 rings (SSSR count). The van der Waals surface area contributed by atoms with E-state index in [1.54, 1.807) is 11.5 Å². The molecule has 8 nitrogen and oxygen atoms in total. The number of nitrogens with zero attached hydrogens (tertiary/aromatic N) is 3. The van der Waals surface area contributed by atoms with E-state index in [4.69, 9.17) is 4.74 Å². The number of hydrogen-bond acceptors (Lipinski definition) is 6. The third-order valence-corrected chi connectivity index (χ3v) is 7.17. The van der Waals surface area contributed by atoms with Crippen LogP contribution in [0.3, 0.4) is 0 Å². The molecule has 0 bridgehead atoms. The minimum absolute atomic E-state index is 0.0227. The van der Waals surface area contributed by atoms with Crippen molar-refractivity contribution in [3.63, 3.8) is 0 Å². The highest BCUT2D eigenvalue weighted by Crippen LogP contribution is 2.24. The highest BCUT2D eigenvalue weighted by atomic mass is 32.2. The van der Waals surface area contributed by atoms with Crippen molar-refractivity contribution in [1.82, 2.24) is 25.4 Å². The molecule has 0 saturated heterocycles. The van der Waals surface area contributed by atoms with Crippen molar-refractivity contribution in [2.75, 3.05) is 5.75 Å². The van der Waals surface area contributed by atoms with E-state index in [2.05, 4.69) is 34.7 Å². The predicted molar refractivity (Wildman–Crippen MR) is 129 cm³/mol. The molecule has 0 radical (unpaired) electrons. The summed E-state index contributed by atoms with van der Waals surface area (Å²) >= 11 is 1.35. The monoisotopic (exact) mass is 473 g/mol. The van der Waals surface area contributed by atoms with Gasteiger partial charge in [0.1, 0.15) is 5.75 Å². The SMILES string of the molecule is CCc1ccc(O[C@H](C)C(=O)NCc2nnc(SCC(=O)N[C@H]3CCCC[C@H]3C)n2C)cc1. The van der Waals surface area contributed by atoms with Crippen LogP contribution >= 0.6 is 11.8 Å². The Morgan fingerprint density at radius 1 is 1.21 bits per heavy atom. The lowest BCUT2D eigenvalue weighted by atomic mass is 9.86. The standard InChI is InChI=1S/C24H35N5O3S/c1-5-18-10-12-19(13-11-18)32-17(3)23(31)25-14-21-27-28-24(29(21)4)33-15-22(30)26-20-9-7-6-8-16(20)2/h10-13,16-17,20H,5-9,14-15H2,1-4H3,(H,25,31)(H,26,30)/t16-,17-,20+/m1/s1. The van der Waals surface area contributed by atoms with Crippen LogP contribution in [0, 0.1) is 5.92 Å². The van der Waals surface area contributed by atoms with Gasteiger partial charge >= 0.3 is 0 Å². The lowest BCUT2D eigenvalue weighted by Crippen LogP contribution is -2.41. The van der Waals surface area contributed by atoms with Crippen molar-refractivity contribution < 1.29 is 14.3 Å². The van der Waals surface area contributed by atoms with Gasteiger partial charge in [-0.25, -0.2) is 0 Å². The van der Waals surface area contributed by atoms with Gasteiger partial charge in [-0.3, -0.25) is 9.59 Å². The number of benzene rings is 1. The number of carbonyl (C=O) groups excluding carboxylic acids is 2. The topological polar surface area (TPSA) is 98.1 Å². The lowest BCUT2D eigenvalue weighted by Gasteiger charge is -2.29. The molecule has 1 aliphatic carbocycles. The summed E-state index contributed by atoms with van der Waals surface area (Å²) in [6.45, 7) is 6.24. The molecule has 0 aliphatic heterocycles. The Hall–Kier alpha value is -2.55. The number of amides is 2. The summed E-state index contributed by atoms with van der Waals surface area (Å²) < 4.78 is 7.53. The molecule has 180 valence electrons. The normalized spacial score (nSPS) is 19.0. The van der Waals surface area contributed by atoms with Gasteiger partial charge in [-0.1, -0.05) is 50.6 Å². The zero-order chi connectivity index (χ0) is 23.8. The Labute approximate surface area is 200 Å². The van der Waals surface area contributed by atoms with E-state index in [1.165, 1.54) is 36.6 Å². The van der Waals surface area contributed by atoms with Crippen molar-refractivity contribution in [2.24, 2.45) is 13.0 Å². The van der Waals surface area contributed by atoms with Crippen LogP contribution in [0.5, 0.6) is 5.75 Å². The van der Waals surface area contributed by atoms with Crippen LogP contribution in [0.4, 0.5) is 0 Å². The zero-order valence-electron chi connectivity index (χ0n) is 20.0. The molecule has 9 heteroatoms. The van der Waals surface area contributed by atoms with Crippen LogP contribution in [0.1, 0.15) is 57.8 Å². The van der Waals surface area contributed by atoms with E-state index < -0.39 is 6.10 Å². The summed E-state index contributed by atoms with van der Waals surface area (Å²) in [7, 11) is 1.83. The molecule has 0 spiro atoms. The van der Waals surface area contributed by atoms with Crippen molar-refractivity contribution in [2.45, 2.75) is 76.7 Å². The summed E-state index contributed by atoms with van der Waals surface area (Å²) in [4.78, 5) is 24.8. The number of thioether (sulfide) groups is 1. The van der Waals surface area contributed by atoms with Gasteiger partial charge in [0.15, 0.2) is 17.1 Å². The fourth-order valence-electron chi connectivity index (χ4n) is 3.91. The number of aromatic nitrogens is 3. The van der Waals surface area contributed by atoms with Gasteiger partial charge in [-0.2, -0.15) is 0 Å². The lowest BCUT2D eigenvalue weighted by molar-refractivity contribution is -0.127. The number of rotatable bonds is 10. The Kier molecular flexibility index (Phi) is 9.17.